The van der Waals surface area contributed by atoms with Crippen molar-refractivity contribution in [1.82, 2.24) is 10.6 Å². The molecule has 0 radical (unpaired) electrons. The van der Waals surface area contributed by atoms with Crippen LogP contribution in [0.25, 0.3) is 0 Å². The molecule has 0 heterocycles. The number of carbonyl (C=O) groups excluding carboxylic acids is 1. The highest BCUT2D eigenvalue weighted by atomic mass is 16.2. The van der Waals surface area contributed by atoms with Crippen LogP contribution in [0.5, 0.6) is 0 Å². The second-order valence-electron chi connectivity index (χ2n) is 5.61. The molecule has 0 saturated heterocycles. The molecule has 3 heteroatoms. The Balaban J connectivity index is 2.54. The highest BCUT2D eigenvalue weighted by Crippen LogP contribution is 2.17. The van der Waals surface area contributed by atoms with E-state index in [4.69, 9.17) is 0 Å². The van der Waals surface area contributed by atoms with Crippen molar-refractivity contribution in [3.8, 4) is 0 Å². The summed E-state index contributed by atoms with van der Waals surface area (Å²) < 4.78 is 0. The van der Waals surface area contributed by atoms with E-state index in [1.165, 1.54) is 11.1 Å². The number of carbonyl (C=O) groups is 1. The van der Waals surface area contributed by atoms with Crippen LogP contribution in [0, 0.1) is 12.8 Å². The van der Waals surface area contributed by atoms with E-state index in [0.717, 1.165) is 6.54 Å². The van der Waals surface area contributed by atoms with Crippen LogP contribution in [-0.4, -0.2) is 18.5 Å². The number of amides is 1. The molecule has 0 spiro atoms. The topological polar surface area (TPSA) is 41.1 Å². The highest BCUT2D eigenvalue weighted by molar-refractivity contribution is 5.81. The summed E-state index contributed by atoms with van der Waals surface area (Å²) in [4.78, 5) is 11.9. The maximum atomic E-state index is 11.9. The fraction of sp³-hybridized carbons (Fsp3) is 0.562. The van der Waals surface area contributed by atoms with Gasteiger partial charge in [0.25, 0.3) is 0 Å². The molecule has 19 heavy (non-hydrogen) atoms. The van der Waals surface area contributed by atoms with Crippen molar-refractivity contribution in [2.45, 2.75) is 46.7 Å². The van der Waals surface area contributed by atoms with Gasteiger partial charge in [-0.25, -0.2) is 0 Å². The van der Waals surface area contributed by atoms with Crippen LogP contribution in [0.4, 0.5) is 0 Å². The van der Waals surface area contributed by atoms with Gasteiger partial charge in [0, 0.05) is 12.6 Å². The van der Waals surface area contributed by atoms with Crippen LogP contribution >= 0.6 is 0 Å². The molecule has 1 amide bonds. The molecule has 0 aromatic heterocycles. The van der Waals surface area contributed by atoms with E-state index in [9.17, 15) is 4.79 Å². The largest absolute Gasteiger partial charge is 0.354 e. The Hall–Kier alpha value is -1.35. The number of nitrogens with one attached hydrogen (secondary N) is 2. The molecule has 106 valence electrons. The van der Waals surface area contributed by atoms with E-state index in [1.54, 1.807) is 0 Å². The van der Waals surface area contributed by atoms with Crippen LogP contribution in [0.15, 0.2) is 24.3 Å². The monoisotopic (exact) mass is 262 g/mol. The van der Waals surface area contributed by atoms with E-state index in [0.29, 0.717) is 5.92 Å². The molecule has 1 aromatic rings. The quantitative estimate of drug-likeness (QED) is 0.827. The number of hydrogen-bond acceptors (Lipinski definition) is 2. The van der Waals surface area contributed by atoms with Gasteiger partial charge >= 0.3 is 0 Å². The maximum Gasteiger partial charge on any atom is 0.236 e. The average Bonchev–Trinajstić information content (AvgIpc) is 2.36. The van der Waals surface area contributed by atoms with Gasteiger partial charge in [-0.2, -0.15) is 0 Å². The summed E-state index contributed by atoms with van der Waals surface area (Å²) in [6.45, 7) is 11.0. The van der Waals surface area contributed by atoms with Gasteiger partial charge in [-0.15, -0.1) is 0 Å². The summed E-state index contributed by atoms with van der Waals surface area (Å²) in [6.07, 6.45) is 0. The first-order valence-electron chi connectivity index (χ1n) is 7.01. The van der Waals surface area contributed by atoms with E-state index in [-0.39, 0.29) is 18.0 Å². The lowest BCUT2D eigenvalue weighted by Crippen LogP contribution is -2.44. The molecule has 1 rings (SSSR count). The first-order valence-corrected chi connectivity index (χ1v) is 7.01. The smallest absolute Gasteiger partial charge is 0.236 e. The van der Waals surface area contributed by atoms with Crippen molar-refractivity contribution in [2.75, 3.05) is 6.54 Å². The maximum absolute atomic E-state index is 11.9. The van der Waals surface area contributed by atoms with Gasteiger partial charge < -0.3 is 5.32 Å². The van der Waals surface area contributed by atoms with Gasteiger partial charge in [0.1, 0.15) is 0 Å². The number of benzene rings is 1. The predicted molar refractivity (Wildman–Crippen MR) is 80.0 cm³/mol. The van der Waals surface area contributed by atoms with Crippen molar-refractivity contribution >= 4 is 5.91 Å². The van der Waals surface area contributed by atoms with Gasteiger partial charge in [0.05, 0.1) is 6.04 Å². The SMILES string of the molecule is Cc1ccccc1[C@@H](C)NC(C)C(=O)NCC(C)C. The molecule has 0 saturated carbocycles. The first-order chi connectivity index (χ1) is 8.91. The van der Waals surface area contributed by atoms with Crippen molar-refractivity contribution in [2.24, 2.45) is 5.92 Å². The molecule has 0 bridgehead atoms. The Bertz CT molecular complexity index is 415. The van der Waals surface area contributed by atoms with E-state index in [1.807, 2.05) is 19.1 Å². The predicted octanol–water partition coefficient (Wildman–Crippen LogP) is 2.81. The summed E-state index contributed by atoms with van der Waals surface area (Å²) >= 11 is 0. The summed E-state index contributed by atoms with van der Waals surface area (Å²) in [7, 11) is 0. The zero-order valence-electron chi connectivity index (χ0n) is 12.7. The molecule has 0 aliphatic carbocycles. The molecular weight excluding hydrogens is 236 g/mol. The summed E-state index contributed by atoms with van der Waals surface area (Å²) in [5, 5.41) is 6.30. The number of rotatable bonds is 6. The van der Waals surface area contributed by atoms with E-state index in [2.05, 4.69) is 50.5 Å². The third-order valence-electron chi connectivity index (χ3n) is 3.23. The lowest BCUT2D eigenvalue weighted by molar-refractivity contribution is -0.123. The summed E-state index contributed by atoms with van der Waals surface area (Å²) in [5.41, 5.74) is 2.49. The Kier molecular flexibility index (Phi) is 6.03. The minimum absolute atomic E-state index is 0.0640. The summed E-state index contributed by atoms with van der Waals surface area (Å²) in [5.74, 6) is 0.541. The Morgan fingerprint density at radius 3 is 2.37 bits per heavy atom. The van der Waals surface area contributed by atoms with Crippen molar-refractivity contribution in [3.05, 3.63) is 35.4 Å². The second-order valence-corrected chi connectivity index (χ2v) is 5.61. The molecule has 1 unspecified atom stereocenters. The second kappa shape index (κ2) is 7.29. The number of aryl methyl sites for hydroxylation is 1. The first kappa shape index (κ1) is 15.7. The fourth-order valence-corrected chi connectivity index (χ4v) is 2.07. The molecule has 3 nitrogen and oxygen atoms in total. The van der Waals surface area contributed by atoms with Gasteiger partial charge in [-0.05, 0) is 37.8 Å². The molecule has 0 aliphatic heterocycles. The molecule has 1 aromatic carbocycles. The lowest BCUT2D eigenvalue weighted by atomic mass is 10.0. The van der Waals surface area contributed by atoms with Crippen LogP contribution in [-0.2, 0) is 4.79 Å². The zero-order valence-corrected chi connectivity index (χ0v) is 12.7. The third-order valence-corrected chi connectivity index (χ3v) is 3.23. The molecule has 0 aliphatic rings. The van der Waals surface area contributed by atoms with Crippen LogP contribution in [0.3, 0.4) is 0 Å². The minimum Gasteiger partial charge on any atom is -0.354 e. The van der Waals surface area contributed by atoms with Gasteiger partial charge in [0.15, 0.2) is 0 Å². The normalized spacial score (nSPS) is 14.2. The van der Waals surface area contributed by atoms with Crippen molar-refractivity contribution in [3.63, 3.8) is 0 Å². The van der Waals surface area contributed by atoms with Crippen LogP contribution in [0.1, 0.15) is 44.9 Å². The fourth-order valence-electron chi connectivity index (χ4n) is 2.07. The minimum atomic E-state index is -0.187. The van der Waals surface area contributed by atoms with E-state index < -0.39 is 0 Å². The number of hydrogen-bond donors (Lipinski definition) is 2. The zero-order chi connectivity index (χ0) is 14.4. The average molecular weight is 262 g/mol. The van der Waals surface area contributed by atoms with Gasteiger partial charge in [-0.1, -0.05) is 38.1 Å². The standard InChI is InChI=1S/C16H26N2O/c1-11(2)10-17-16(19)14(5)18-13(4)15-9-7-6-8-12(15)3/h6-9,11,13-14,18H,10H2,1-5H3,(H,17,19)/t13-,14?/m1/s1. The molecule has 2 atom stereocenters. The highest BCUT2D eigenvalue weighted by Gasteiger charge is 2.16. The van der Waals surface area contributed by atoms with Crippen LogP contribution < -0.4 is 10.6 Å². The Morgan fingerprint density at radius 2 is 1.79 bits per heavy atom. The van der Waals surface area contributed by atoms with E-state index >= 15 is 0 Å². The Morgan fingerprint density at radius 1 is 1.16 bits per heavy atom. The molecular formula is C16H26N2O. The van der Waals surface area contributed by atoms with Gasteiger partial charge in [-0.3, -0.25) is 10.1 Å². The molecule has 2 N–H and O–H groups in total. The van der Waals surface area contributed by atoms with Crippen molar-refractivity contribution in [1.29, 1.82) is 0 Å². The molecule has 0 fully saturated rings. The lowest BCUT2D eigenvalue weighted by Gasteiger charge is -2.21. The third kappa shape index (κ3) is 5.03. The Labute approximate surface area is 116 Å². The van der Waals surface area contributed by atoms with Crippen LogP contribution in [0.2, 0.25) is 0 Å². The summed E-state index contributed by atoms with van der Waals surface area (Å²) in [6, 6.07) is 8.24. The van der Waals surface area contributed by atoms with Crippen molar-refractivity contribution < 1.29 is 4.79 Å². The van der Waals surface area contributed by atoms with Gasteiger partial charge in [0.2, 0.25) is 5.91 Å².